The molecule has 1 unspecified atom stereocenters. The lowest BCUT2D eigenvalue weighted by atomic mass is 10.0. The maximum Gasteiger partial charge on any atom is 0.326 e. The molecule has 0 heterocycles. The van der Waals surface area contributed by atoms with E-state index < -0.39 is 12.0 Å². The number of carboxylic acid groups (broad SMARTS) is 1. The zero-order valence-electron chi connectivity index (χ0n) is 12.8. The van der Waals surface area contributed by atoms with Crippen LogP contribution in [-0.2, 0) is 4.79 Å². The summed E-state index contributed by atoms with van der Waals surface area (Å²) in [5.74, 6) is 0.433. The van der Waals surface area contributed by atoms with Gasteiger partial charge in [-0.1, -0.05) is 26.7 Å². The second-order valence-corrected chi connectivity index (χ2v) is 6.31. The summed E-state index contributed by atoms with van der Waals surface area (Å²) >= 11 is 1.85. The van der Waals surface area contributed by atoms with Gasteiger partial charge >= 0.3 is 12.0 Å². The first-order valence-corrected chi connectivity index (χ1v) is 8.62. The smallest absolute Gasteiger partial charge is 0.326 e. The molecule has 1 atom stereocenters. The number of carbonyl (C=O) groups excluding carboxylic acids is 1. The SMILES string of the molecule is CSCCCCCCNC(=O)NC(CC(C)C)C(=O)O. The van der Waals surface area contributed by atoms with E-state index in [9.17, 15) is 9.59 Å². The summed E-state index contributed by atoms with van der Waals surface area (Å²) in [4.78, 5) is 22.6. The highest BCUT2D eigenvalue weighted by atomic mass is 32.2. The maximum absolute atomic E-state index is 11.6. The molecule has 0 saturated heterocycles. The predicted octanol–water partition coefficient (Wildman–Crippen LogP) is 2.71. The van der Waals surface area contributed by atoms with Crippen LogP contribution < -0.4 is 10.6 Å². The number of hydrogen-bond donors (Lipinski definition) is 3. The first kappa shape index (κ1) is 19.1. The molecule has 0 fully saturated rings. The molecule has 0 rings (SSSR count). The van der Waals surface area contributed by atoms with Crippen LogP contribution in [0.4, 0.5) is 4.79 Å². The zero-order chi connectivity index (χ0) is 15.4. The molecule has 20 heavy (non-hydrogen) atoms. The fraction of sp³-hybridized carbons (Fsp3) is 0.857. The largest absolute Gasteiger partial charge is 0.480 e. The Kier molecular flexibility index (Phi) is 11.3. The minimum atomic E-state index is -0.981. The second-order valence-electron chi connectivity index (χ2n) is 5.33. The highest BCUT2D eigenvalue weighted by molar-refractivity contribution is 7.98. The van der Waals surface area contributed by atoms with Crippen LogP contribution in [0.2, 0.25) is 0 Å². The van der Waals surface area contributed by atoms with Crippen molar-refractivity contribution in [1.82, 2.24) is 10.6 Å². The molecule has 2 amide bonds. The molecule has 0 aromatic rings. The van der Waals surface area contributed by atoms with E-state index in [0.717, 1.165) is 12.8 Å². The van der Waals surface area contributed by atoms with E-state index >= 15 is 0 Å². The highest BCUT2D eigenvalue weighted by Crippen LogP contribution is 2.05. The topological polar surface area (TPSA) is 78.4 Å². The van der Waals surface area contributed by atoms with Gasteiger partial charge in [0, 0.05) is 6.54 Å². The number of rotatable bonds is 11. The third-order valence-corrected chi connectivity index (χ3v) is 3.57. The van der Waals surface area contributed by atoms with E-state index in [4.69, 9.17) is 5.11 Å². The Balaban J connectivity index is 3.72. The number of carboxylic acids is 1. The predicted molar refractivity (Wildman–Crippen MR) is 84.3 cm³/mol. The van der Waals surface area contributed by atoms with Crippen LogP contribution in [0.15, 0.2) is 0 Å². The van der Waals surface area contributed by atoms with Crippen molar-refractivity contribution in [2.75, 3.05) is 18.6 Å². The molecule has 0 aliphatic rings. The van der Waals surface area contributed by atoms with E-state index in [-0.39, 0.29) is 11.9 Å². The van der Waals surface area contributed by atoms with Gasteiger partial charge in [0.25, 0.3) is 0 Å². The van der Waals surface area contributed by atoms with Crippen molar-refractivity contribution in [2.24, 2.45) is 5.92 Å². The standard InChI is InChI=1S/C14H28N2O3S/c1-11(2)10-12(13(17)18)16-14(19)15-8-6-4-5-7-9-20-3/h11-12H,4-10H2,1-3H3,(H,17,18)(H2,15,16,19). The number of carbonyl (C=O) groups is 2. The van der Waals surface area contributed by atoms with Crippen molar-refractivity contribution in [3.8, 4) is 0 Å². The molecule has 0 spiro atoms. The first-order chi connectivity index (χ1) is 9.47. The molecule has 5 nitrogen and oxygen atoms in total. The van der Waals surface area contributed by atoms with Crippen LogP contribution in [0.5, 0.6) is 0 Å². The fourth-order valence-electron chi connectivity index (χ4n) is 1.83. The fourth-order valence-corrected chi connectivity index (χ4v) is 2.32. The zero-order valence-corrected chi connectivity index (χ0v) is 13.6. The van der Waals surface area contributed by atoms with Crippen LogP contribution in [-0.4, -0.2) is 41.7 Å². The van der Waals surface area contributed by atoms with Gasteiger partial charge in [0.05, 0.1) is 0 Å². The van der Waals surface area contributed by atoms with Gasteiger partial charge in [-0.25, -0.2) is 9.59 Å². The van der Waals surface area contributed by atoms with Crippen molar-refractivity contribution in [1.29, 1.82) is 0 Å². The third kappa shape index (κ3) is 11.0. The molecule has 0 aliphatic carbocycles. The van der Waals surface area contributed by atoms with Gasteiger partial charge in [0.1, 0.15) is 6.04 Å². The molecule has 0 radical (unpaired) electrons. The van der Waals surface area contributed by atoms with E-state index in [1.807, 2.05) is 25.6 Å². The summed E-state index contributed by atoms with van der Waals surface area (Å²) in [7, 11) is 0. The summed E-state index contributed by atoms with van der Waals surface area (Å²) < 4.78 is 0. The molecular formula is C14H28N2O3S. The average molecular weight is 304 g/mol. The average Bonchev–Trinajstić information content (AvgIpc) is 2.36. The van der Waals surface area contributed by atoms with Gasteiger partial charge in [-0.2, -0.15) is 11.8 Å². The van der Waals surface area contributed by atoms with Crippen molar-refractivity contribution < 1.29 is 14.7 Å². The molecular weight excluding hydrogens is 276 g/mol. The molecule has 0 aromatic heterocycles. The Labute approximate surface area is 126 Å². The van der Waals surface area contributed by atoms with Crippen LogP contribution in [0.1, 0.15) is 46.0 Å². The van der Waals surface area contributed by atoms with E-state index in [1.54, 1.807) is 0 Å². The Morgan fingerprint density at radius 2 is 1.80 bits per heavy atom. The summed E-state index contributed by atoms with van der Waals surface area (Å²) in [6.45, 7) is 4.47. The summed E-state index contributed by atoms with van der Waals surface area (Å²) in [6.07, 6.45) is 6.95. The minimum Gasteiger partial charge on any atom is -0.480 e. The number of hydrogen-bond acceptors (Lipinski definition) is 3. The van der Waals surface area contributed by atoms with Gasteiger partial charge in [-0.3, -0.25) is 0 Å². The number of nitrogens with one attached hydrogen (secondary N) is 2. The van der Waals surface area contributed by atoms with Crippen LogP contribution in [0, 0.1) is 5.92 Å². The van der Waals surface area contributed by atoms with Crippen molar-refractivity contribution in [2.45, 2.75) is 52.0 Å². The molecule has 0 bridgehead atoms. The van der Waals surface area contributed by atoms with E-state index in [2.05, 4.69) is 16.9 Å². The number of aliphatic carboxylic acids is 1. The second kappa shape index (κ2) is 11.9. The summed E-state index contributed by atoms with van der Waals surface area (Å²) in [5.41, 5.74) is 0. The van der Waals surface area contributed by atoms with Gasteiger partial charge < -0.3 is 15.7 Å². The van der Waals surface area contributed by atoms with Crippen LogP contribution in [0.3, 0.4) is 0 Å². The third-order valence-electron chi connectivity index (χ3n) is 2.87. The van der Waals surface area contributed by atoms with Crippen molar-refractivity contribution in [3.63, 3.8) is 0 Å². The molecule has 118 valence electrons. The quantitative estimate of drug-likeness (QED) is 0.513. The molecule has 0 saturated carbocycles. The minimum absolute atomic E-state index is 0.229. The number of thioether (sulfide) groups is 1. The monoisotopic (exact) mass is 304 g/mol. The van der Waals surface area contributed by atoms with Crippen molar-refractivity contribution in [3.05, 3.63) is 0 Å². The summed E-state index contributed by atoms with van der Waals surface area (Å²) in [6, 6.07) is -1.20. The van der Waals surface area contributed by atoms with Crippen molar-refractivity contribution >= 4 is 23.8 Å². The lowest BCUT2D eigenvalue weighted by Gasteiger charge is -2.16. The Morgan fingerprint density at radius 1 is 1.15 bits per heavy atom. The normalized spacial score (nSPS) is 12.2. The Bertz CT molecular complexity index is 286. The number of unbranched alkanes of at least 4 members (excludes halogenated alkanes) is 3. The van der Waals surface area contributed by atoms with Crippen LogP contribution >= 0.6 is 11.8 Å². The number of urea groups is 1. The first-order valence-electron chi connectivity index (χ1n) is 7.23. The molecule has 0 aromatic carbocycles. The van der Waals surface area contributed by atoms with E-state index in [1.165, 1.54) is 18.6 Å². The number of amides is 2. The lowest BCUT2D eigenvalue weighted by Crippen LogP contribution is -2.46. The Hall–Kier alpha value is -0.910. The molecule has 0 aliphatic heterocycles. The van der Waals surface area contributed by atoms with Gasteiger partial charge in [0.15, 0.2) is 0 Å². The molecule has 3 N–H and O–H groups in total. The van der Waals surface area contributed by atoms with E-state index in [0.29, 0.717) is 13.0 Å². The van der Waals surface area contributed by atoms with Crippen LogP contribution in [0.25, 0.3) is 0 Å². The highest BCUT2D eigenvalue weighted by Gasteiger charge is 2.20. The molecule has 6 heteroatoms. The Morgan fingerprint density at radius 3 is 2.35 bits per heavy atom. The van der Waals surface area contributed by atoms with Gasteiger partial charge in [-0.05, 0) is 37.2 Å². The van der Waals surface area contributed by atoms with Gasteiger partial charge in [-0.15, -0.1) is 0 Å². The lowest BCUT2D eigenvalue weighted by molar-refractivity contribution is -0.139. The maximum atomic E-state index is 11.6. The summed E-state index contributed by atoms with van der Waals surface area (Å²) in [5, 5.41) is 14.2. The van der Waals surface area contributed by atoms with Gasteiger partial charge in [0.2, 0.25) is 0 Å².